The van der Waals surface area contributed by atoms with Crippen LogP contribution in [0.2, 0.25) is 5.02 Å². The van der Waals surface area contributed by atoms with Crippen molar-refractivity contribution in [1.29, 1.82) is 0 Å². The summed E-state index contributed by atoms with van der Waals surface area (Å²) < 4.78 is 1.57. The fourth-order valence-electron chi connectivity index (χ4n) is 3.38. The first-order chi connectivity index (χ1) is 12.4. The molecule has 2 aromatic carbocycles. The van der Waals surface area contributed by atoms with E-state index < -0.39 is 5.92 Å². The van der Waals surface area contributed by atoms with Crippen LogP contribution in [-0.2, 0) is 4.79 Å². The van der Waals surface area contributed by atoms with Gasteiger partial charge in [0.1, 0.15) is 6.33 Å². The molecule has 26 heavy (non-hydrogen) atoms. The number of hydrogen-bond acceptors (Lipinski definition) is 3. The van der Waals surface area contributed by atoms with Gasteiger partial charge in [-0.15, -0.1) is 0 Å². The molecule has 0 aliphatic carbocycles. The number of carbonyl (C=O) groups is 2. The lowest BCUT2D eigenvalue weighted by atomic mass is 10.1. The number of benzene rings is 2. The summed E-state index contributed by atoms with van der Waals surface area (Å²) in [5, 5.41) is 0.614. The molecule has 0 N–H and O–H groups in total. The van der Waals surface area contributed by atoms with Crippen LogP contribution < -0.4 is 4.90 Å². The van der Waals surface area contributed by atoms with Crippen molar-refractivity contribution in [3.05, 3.63) is 58.9 Å². The predicted molar refractivity (Wildman–Crippen MR) is 102 cm³/mol. The Morgan fingerprint density at radius 1 is 1.15 bits per heavy atom. The van der Waals surface area contributed by atoms with Gasteiger partial charge in [-0.1, -0.05) is 11.6 Å². The highest BCUT2D eigenvalue weighted by molar-refractivity contribution is 6.30. The largest absolute Gasteiger partial charge is 0.312 e. The monoisotopic (exact) mass is 367 g/mol. The normalized spacial score (nSPS) is 17.3. The molecule has 4 rings (SSSR count). The van der Waals surface area contributed by atoms with Gasteiger partial charge >= 0.3 is 0 Å². The highest BCUT2D eigenvalue weighted by Gasteiger charge is 2.36. The summed E-state index contributed by atoms with van der Waals surface area (Å²) in [4.78, 5) is 31.4. The molecule has 0 saturated carbocycles. The minimum absolute atomic E-state index is 0.0536. The maximum Gasteiger partial charge on any atom is 0.237 e. The lowest BCUT2D eigenvalue weighted by Gasteiger charge is -2.16. The van der Waals surface area contributed by atoms with Crippen LogP contribution in [0.25, 0.3) is 11.0 Å². The summed E-state index contributed by atoms with van der Waals surface area (Å²) >= 11 is 5.91. The van der Waals surface area contributed by atoms with Crippen molar-refractivity contribution in [2.24, 2.45) is 5.92 Å². The van der Waals surface area contributed by atoms with Crippen molar-refractivity contribution in [2.75, 3.05) is 11.4 Å². The molecular weight excluding hydrogens is 350 g/mol. The number of aryl methyl sites for hydroxylation is 2. The first kappa shape index (κ1) is 16.8. The summed E-state index contributed by atoms with van der Waals surface area (Å²) in [6.07, 6.45) is 1.76. The van der Waals surface area contributed by atoms with E-state index in [1.54, 1.807) is 40.1 Å². The van der Waals surface area contributed by atoms with Crippen molar-refractivity contribution < 1.29 is 9.59 Å². The van der Waals surface area contributed by atoms with Crippen molar-refractivity contribution in [2.45, 2.75) is 20.3 Å². The molecule has 0 radical (unpaired) electrons. The van der Waals surface area contributed by atoms with Crippen LogP contribution in [0.15, 0.2) is 42.7 Å². The zero-order chi connectivity index (χ0) is 18.4. The van der Waals surface area contributed by atoms with E-state index in [2.05, 4.69) is 4.98 Å². The highest BCUT2D eigenvalue weighted by Crippen LogP contribution is 2.28. The summed E-state index contributed by atoms with van der Waals surface area (Å²) in [7, 11) is 0. The third kappa shape index (κ3) is 2.78. The Morgan fingerprint density at radius 3 is 2.58 bits per heavy atom. The molecule has 1 fully saturated rings. The Hall–Kier alpha value is -2.66. The molecule has 1 amide bonds. The molecule has 6 heteroatoms. The molecule has 5 nitrogen and oxygen atoms in total. The van der Waals surface area contributed by atoms with E-state index >= 15 is 0 Å². The quantitative estimate of drug-likeness (QED) is 0.688. The second kappa shape index (κ2) is 6.25. The molecule has 1 unspecified atom stereocenters. The summed E-state index contributed by atoms with van der Waals surface area (Å²) in [6.45, 7) is 4.40. The molecule has 1 aliphatic heterocycles. The number of amides is 1. The molecule has 3 aromatic rings. The minimum Gasteiger partial charge on any atom is -0.312 e. The van der Waals surface area contributed by atoms with Crippen LogP contribution >= 0.6 is 11.6 Å². The van der Waals surface area contributed by atoms with Gasteiger partial charge in [0.15, 0.2) is 0 Å². The number of carbonyl (C=O) groups excluding carboxylic acids is 2. The van der Waals surface area contributed by atoms with Gasteiger partial charge in [0.2, 0.25) is 11.8 Å². The number of nitrogens with zero attached hydrogens (tertiary/aromatic N) is 3. The van der Waals surface area contributed by atoms with E-state index in [1.807, 2.05) is 26.0 Å². The van der Waals surface area contributed by atoms with E-state index in [0.29, 0.717) is 11.6 Å². The third-order valence-electron chi connectivity index (χ3n) is 5.01. The van der Waals surface area contributed by atoms with E-state index in [0.717, 1.165) is 27.8 Å². The van der Waals surface area contributed by atoms with Crippen molar-refractivity contribution in [1.82, 2.24) is 9.55 Å². The van der Waals surface area contributed by atoms with Crippen LogP contribution in [0.3, 0.4) is 0 Å². The Morgan fingerprint density at radius 2 is 1.85 bits per heavy atom. The Balaban J connectivity index is 1.62. The Labute approximate surface area is 156 Å². The lowest BCUT2D eigenvalue weighted by Crippen LogP contribution is -2.27. The minimum atomic E-state index is -0.391. The highest BCUT2D eigenvalue weighted by atomic mass is 35.5. The standard InChI is InChI=1S/C20H18ClN3O2/c1-12-7-17-18(8-13(12)2)24(11-22-17)20(26)14-9-19(25)23(10-14)16-5-3-15(21)4-6-16/h3-8,11,14H,9-10H2,1-2H3. The number of imidazole rings is 1. The number of fused-ring (bicyclic) bond motifs is 1. The van der Waals surface area contributed by atoms with E-state index in [4.69, 9.17) is 11.6 Å². The molecule has 1 aliphatic rings. The topological polar surface area (TPSA) is 55.2 Å². The van der Waals surface area contributed by atoms with Crippen LogP contribution in [-0.4, -0.2) is 27.9 Å². The average Bonchev–Trinajstić information content (AvgIpc) is 3.19. The van der Waals surface area contributed by atoms with Crippen LogP contribution in [0, 0.1) is 19.8 Å². The van der Waals surface area contributed by atoms with E-state index in [1.165, 1.54) is 0 Å². The average molecular weight is 368 g/mol. The number of anilines is 1. The van der Waals surface area contributed by atoms with Gasteiger partial charge in [-0.2, -0.15) is 0 Å². The second-order valence-corrected chi connectivity index (χ2v) is 7.20. The molecule has 1 aromatic heterocycles. The first-order valence-electron chi connectivity index (χ1n) is 8.48. The van der Waals surface area contributed by atoms with E-state index in [-0.39, 0.29) is 18.2 Å². The Bertz CT molecular complexity index is 1020. The lowest BCUT2D eigenvalue weighted by molar-refractivity contribution is -0.117. The fraction of sp³-hybridized carbons (Fsp3) is 0.250. The van der Waals surface area contributed by atoms with Gasteiger partial charge in [0, 0.05) is 23.7 Å². The maximum absolute atomic E-state index is 13.0. The molecule has 1 saturated heterocycles. The van der Waals surface area contributed by atoms with Gasteiger partial charge in [-0.05, 0) is 61.4 Å². The number of halogens is 1. The van der Waals surface area contributed by atoms with Crippen LogP contribution in [0.5, 0.6) is 0 Å². The van der Waals surface area contributed by atoms with E-state index in [9.17, 15) is 9.59 Å². The van der Waals surface area contributed by atoms with Crippen LogP contribution in [0.1, 0.15) is 22.3 Å². The summed E-state index contributed by atoms with van der Waals surface area (Å²) in [5.74, 6) is -0.542. The molecule has 0 bridgehead atoms. The summed E-state index contributed by atoms with van der Waals surface area (Å²) in [6, 6.07) is 11.0. The van der Waals surface area contributed by atoms with Gasteiger partial charge in [-0.25, -0.2) is 4.98 Å². The number of hydrogen-bond donors (Lipinski definition) is 0. The molecule has 0 spiro atoms. The van der Waals surface area contributed by atoms with Gasteiger partial charge < -0.3 is 4.90 Å². The zero-order valence-electron chi connectivity index (χ0n) is 14.6. The van der Waals surface area contributed by atoms with Gasteiger partial charge in [0.25, 0.3) is 0 Å². The van der Waals surface area contributed by atoms with Crippen molar-refractivity contribution >= 4 is 40.1 Å². The van der Waals surface area contributed by atoms with Gasteiger partial charge in [0.05, 0.1) is 17.0 Å². The van der Waals surface area contributed by atoms with Crippen LogP contribution in [0.4, 0.5) is 5.69 Å². The smallest absolute Gasteiger partial charge is 0.237 e. The predicted octanol–water partition coefficient (Wildman–Crippen LogP) is 4.00. The zero-order valence-corrected chi connectivity index (χ0v) is 15.3. The van der Waals surface area contributed by atoms with Crippen molar-refractivity contribution in [3.63, 3.8) is 0 Å². The number of aromatic nitrogens is 2. The second-order valence-electron chi connectivity index (χ2n) is 6.76. The van der Waals surface area contributed by atoms with Crippen molar-refractivity contribution in [3.8, 4) is 0 Å². The number of rotatable bonds is 2. The fourth-order valence-corrected chi connectivity index (χ4v) is 3.51. The molecular formula is C20H18ClN3O2. The molecule has 1 atom stereocenters. The molecule has 132 valence electrons. The maximum atomic E-state index is 13.0. The van der Waals surface area contributed by atoms with Gasteiger partial charge in [-0.3, -0.25) is 14.2 Å². The molecule has 2 heterocycles. The third-order valence-corrected chi connectivity index (χ3v) is 5.26. The first-order valence-corrected chi connectivity index (χ1v) is 8.86. The summed E-state index contributed by atoms with van der Waals surface area (Å²) in [5.41, 5.74) is 4.59. The Kier molecular flexibility index (Phi) is 4.04. The SMILES string of the molecule is Cc1cc2ncn(C(=O)C3CC(=O)N(c4ccc(Cl)cc4)C3)c2cc1C.